The third-order valence-corrected chi connectivity index (χ3v) is 6.63. The summed E-state index contributed by atoms with van der Waals surface area (Å²) < 4.78 is 31.4. The van der Waals surface area contributed by atoms with Gasteiger partial charge in [-0.15, -0.1) is 0 Å². The molecule has 0 aliphatic carbocycles. The van der Waals surface area contributed by atoms with Gasteiger partial charge in [-0.3, -0.25) is 4.98 Å². The molecule has 1 aromatic carbocycles. The molecule has 0 amide bonds. The highest BCUT2D eigenvalue weighted by atomic mass is 32.2. The zero-order chi connectivity index (χ0) is 16.3. The number of hydroxylamine groups is 1. The van der Waals surface area contributed by atoms with Crippen molar-refractivity contribution in [2.24, 2.45) is 0 Å². The van der Waals surface area contributed by atoms with Crippen LogP contribution in [0.1, 0.15) is 24.8 Å². The Morgan fingerprint density at radius 1 is 1.35 bits per heavy atom. The Kier molecular flexibility index (Phi) is 4.63. The van der Waals surface area contributed by atoms with Crippen molar-refractivity contribution in [3.05, 3.63) is 42.1 Å². The van der Waals surface area contributed by atoms with Gasteiger partial charge < -0.3 is 9.94 Å². The van der Waals surface area contributed by atoms with Crippen molar-refractivity contribution >= 4 is 20.7 Å². The number of sulfone groups is 1. The summed E-state index contributed by atoms with van der Waals surface area (Å²) in [7, 11) is -3.53. The average Bonchev–Trinajstić information content (AvgIpc) is 3.03. The van der Waals surface area contributed by atoms with Crippen molar-refractivity contribution in [3.63, 3.8) is 0 Å². The minimum atomic E-state index is -3.53. The monoisotopic (exact) mass is 336 g/mol. The Labute approximate surface area is 135 Å². The highest BCUT2D eigenvalue weighted by molar-refractivity contribution is 7.91. The van der Waals surface area contributed by atoms with Crippen LogP contribution in [0.3, 0.4) is 0 Å². The number of nitrogens with one attached hydrogen (secondary N) is 1. The number of nitrogens with zero attached hydrogens (tertiary/aromatic N) is 1. The normalized spacial score (nSPS) is 21.8. The van der Waals surface area contributed by atoms with Crippen LogP contribution in [0.4, 0.5) is 0 Å². The second kappa shape index (κ2) is 6.52. The summed E-state index contributed by atoms with van der Waals surface area (Å²) in [5, 5.41) is 9.72. The van der Waals surface area contributed by atoms with Gasteiger partial charge in [0.2, 0.25) is 0 Å². The third kappa shape index (κ3) is 3.23. The molecule has 7 heteroatoms. The van der Waals surface area contributed by atoms with Gasteiger partial charge in [-0.05, 0) is 30.5 Å². The fourth-order valence-electron chi connectivity index (χ4n) is 3.06. The number of aromatic nitrogens is 1. The van der Waals surface area contributed by atoms with Gasteiger partial charge in [0.1, 0.15) is 0 Å². The van der Waals surface area contributed by atoms with Gasteiger partial charge in [0.25, 0.3) is 0 Å². The predicted molar refractivity (Wildman–Crippen MR) is 86.7 cm³/mol. The number of rotatable bonds is 6. The van der Waals surface area contributed by atoms with Crippen LogP contribution in [0.5, 0.6) is 0 Å². The quantitative estimate of drug-likeness (QED) is 0.785. The number of hydrogen-bond acceptors (Lipinski definition) is 6. The summed E-state index contributed by atoms with van der Waals surface area (Å²) in [5.41, 5.74) is 3.51. The van der Waals surface area contributed by atoms with Crippen LogP contribution in [-0.2, 0) is 20.3 Å². The molecule has 1 aliphatic rings. The van der Waals surface area contributed by atoms with Crippen LogP contribution in [0.15, 0.2) is 36.5 Å². The second-order valence-corrected chi connectivity index (χ2v) is 8.08. The molecule has 0 saturated carbocycles. The number of benzene rings is 1. The summed E-state index contributed by atoms with van der Waals surface area (Å²) >= 11 is 0. The third-order valence-electron chi connectivity index (χ3n) is 4.26. The minimum absolute atomic E-state index is 0.115. The zero-order valence-corrected chi connectivity index (χ0v) is 13.6. The van der Waals surface area contributed by atoms with Crippen LogP contribution >= 0.6 is 0 Å². The number of fused-ring (bicyclic) bond motifs is 1. The van der Waals surface area contributed by atoms with Crippen LogP contribution < -0.4 is 5.48 Å². The molecule has 1 fully saturated rings. The van der Waals surface area contributed by atoms with Crippen molar-refractivity contribution in [1.29, 1.82) is 0 Å². The van der Waals surface area contributed by atoms with Gasteiger partial charge in [-0.1, -0.05) is 18.2 Å². The molecule has 2 heterocycles. The van der Waals surface area contributed by atoms with E-state index >= 15 is 0 Å². The SMILES string of the molecule is O=S(=O)(Cc1cnc2ccccc2c1)[C@@]1(CCNO)CCCO1. The maximum atomic E-state index is 12.9. The first kappa shape index (κ1) is 16.3. The first-order valence-electron chi connectivity index (χ1n) is 7.63. The first-order valence-corrected chi connectivity index (χ1v) is 9.28. The van der Waals surface area contributed by atoms with E-state index < -0.39 is 14.8 Å². The molecule has 3 rings (SSSR count). The lowest BCUT2D eigenvalue weighted by molar-refractivity contribution is 0.0530. The number of pyridine rings is 1. The molecule has 0 bridgehead atoms. The molecule has 1 saturated heterocycles. The lowest BCUT2D eigenvalue weighted by Crippen LogP contribution is -2.41. The second-order valence-electron chi connectivity index (χ2n) is 5.82. The number of para-hydroxylation sites is 1. The fraction of sp³-hybridized carbons (Fsp3) is 0.438. The van der Waals surface area contributed by atoms with Gasteiger partial charge in [-0.2, -0.15) is 0 Å². The highest BCUT2D eigenvalue weighted by Crippen LogP contribution is 2.36. The van der Waals surface area contributed by atoms with E-state index in [1.54, 1.807) is 6.20 Å². The van der Waals surface area contributed by atoms with E-state index in [1.165, 1.54) is 0 Å². The topological polar surface area (TPSA) is 88.5 Å². The van der Waals surface area contributed by atoms with Gasteiger partial charge in [-0.25, -0.2) is 13.9 Å². The van der Waals surface area contributed by atoms with Crippen LogP contribution in [0.2, 0.25) is 0 Å². The Balaban J connectivity index is 1.88. The van der Waals surface area contributed by atoms with Gasteiger partial charge in [0, 0.05) is 31.2 Å². The number of hydrogen-bond donors (Lipinski definition) is 2. The predicted octanol–water partition coefficient (Wildman–Crippen LogP) is 2.03. The summed E-state index contributed by atoms with van der Waals surface area (Å²) in [6.07, 6.45) is 3.00. The van der Waals surface area contributed by atoms with Crippen LogP contribution in [-0.4, -0.2) is 36.7 Å². The molecule has 0 radical (unpaired) electrons. The standard InChI is InChI=1S/C16H20N2O4S/c19-18-8-7-16(6-3-9-22-16)23(20,21)12-13-10-14-4-1-2-5-15(14)17-11-13/h1-2,4-5,10-11,18-19H,3,6-9,12H2/t16-/m1/s1. The van der Waals surface area contributed by atoms with E-state index in [1.807, 2.05) is 35.8 Å². The summed E-state index contributed by atoms with van der Waals surface area (Å²) in [5.74, 6) is -0.115. The number of ether oxygens (including phenoxy) is 1. The van der Waals surface area contributed by atoms with E-state index in [-0.39, 0.29) is 18.7 Å². The minimum Gasteiger partial charge on any atom is -0.359 e. The van der Waals surface area contributed by atoms with E-state index in [2.05, 4.69) is 4.98 Å². The highest BCUT2D eigenvalue weighted by Gasteiger charge is 2.46. The molecular formula is C16H20N2O4S. The Morgan fingerprint density at radius 2 is 2.17 bits per heavy atom. The van der Waals surface area contributed by atoms with Crippen LogP contribution in [0.25, 0.3) is 10.9 Å². The van der Waals surface area contributed by atoms with E-state index in [9.17, 15) is 8.42 Å². The lowest BCUT2D eigenvalue weighted by Gasteiger charge is -2.28. The van der Waals surface area contributed by atoms with Gasteiger partial charge >= 0.3 is 0 Å². The van der Waals surface area contributed by atoms with Crippen molar-refractivity contribution in [2.75, 3.05) is 13.2 Å². The molecule has 2 N–H and O–H groups in total. The van der Waals surface area contributed by atoms with Gasteiger partial charge in [0.05, 0.1) is 11.3 Å². The maximum Gasteiger partial charge on any atom is 0.184 e. The molecule has 0 unspecified atom stereocenters. The van der Waals surface area contributed by atoms with Crippen molar-refractivity contribution in [3.8, 4) is 0 Å². The van der Waals surface area contributed by atoms with Crippen molar-refractivity contribution in [1.82, 2.24) is 10.5 Å². The van der Waals surface area contributed by atoms with Gasteiger partial charge in [0.15, 0.2) is 14.8 Å². The van der Waals surface area contributed by atoms with E-state index in [4.69, 9.17) is 9.94 Å². The van der Waals surface area contributed by atoms with E-state index in [0.717, 1.165) is 10.9 Å². The molecule has 0 spiro atoms. The molecule has 2 aromatic rings. The largest absolute Gasteiger partial charge is 0.359 e. The Morgan fingerprint density at radius 3 is 2.91 bits per heavy atom. The van der Waals surface area contributed by atoms with Crippen LogP contribution in [0, 0.1) is 0 Å². The average molecular weight is 336 g/mol. The molecule has 1 atom stereocenters. The summed E-state index contributed by atoms with van der Waals surface area (Å²) in [6.45, 7) is 0.607. The molecule has 1 aromatic heterocycles. The molecule has 124 valence electrons. The van der Waals surface area contributed by atoms with Crippen molar-refractivity contribution in [2.45, 2.75) is 29.9 Å². The van der Waals surface area contributed by atoms with Crippen molar-refractivity contribution < 1.29 is 18.4 Å². The first-order chi connectivity index (χ1) is 11.1. The smallest absolute Gasteiger partial charge is 0.184 e. The Bertz CT molecular complexity index is 786. The zero-order valence-electron chi connectivity index (χ0n) is 12.7. The summed E-state index contributed by atoms with van der Waals surface area (Å²) in [6, 6.07) is 9.46. The molecule has 6 nitrogen and oxygen atoms in total. The maximum absolute atomic E-state index is 12.9. The Hall–Kier alpha value is -1.54. The molecular weight excluding hydrogens is 316 g/mol. The fourth-order valence-corrected chi connectivity index (χ4v) is 5.05. The summed E-state index contributed by atoms with van der Waals surface area (Å²) in [4.78, 5) is 3.11. The van der Waals surface area contributed by atoms with E-state index in [0.29, 0.717) is 25.0 Å². The molecule has 23 heavy (non-hydrogen) atoms. The lowest BCUT2D eigenvalue weighted by atomic mass is 10.2. The molecule has 1 aliphatic heterocycles.